The van der Waals surface area contributed by atoms with Gasteiger partial charge in [0.1, 0.15) is 0 Å². The summed E-state index contributed by atoms with van der Waals surface area (Å²) in [5.74, 6) is -0.467. The number of nitrogens with two attached hydrogens (primary N) is 1. The standard InChI is InChI=1S/C15H15N3OS2/c1-21-13-7-3-6-12(9-13)18-15(20)17-11-5-2-4-10(8-11)14(16)19/h2-9H,1H3,(H2,16,19)(H2,17,18,20). The summed E-state index contributed by atoms with van der Waals surface area (Å²) in [6.45, 7) is 0. The SMILES string of the molecule is CSc1cccc(NC(=S)Nc2cccc(C(N)=O)c2)c1. The van der Waals surface area contributed by atoms with Crippen LogP contribution in [0.15, 0.2) is 53.4 Å². The molecule has 2 aromatic rings. The maximum Gasteiger partial charge on any atom is 0.248 e. The molecule has 0 aliphatic carbocycles. The number of hydrogen-bond acceptors (Lipinski definition) is 3. The topological polar surface area (TPSA) is 67.2 Å². The molecular formula is C15H15N3OS2. The van der Waals surface area contributed by atoms with E-state index in [4.69, 9.17) is 18.0 Å². The molecular weight excluding hydrogens is 302 g/mol. The summed E-state index contributed by atoms with van der Waals surface area (Å²) in [6.07, 6.45) is 2.02. The highest BCUT2D eigenvalue weighted by Gasteiger charge is 2.03. The van der Waals surface area contributed by atoms with Gasteiger partial charge in [-0.15, -0.1) is 11.8 Å². The summed E-state index contributed by atoms with van der Waals surface area (Å²) in [5.41, 5.74) is 7.31. The molecule has 1 amide bonds. The van der Waals surface area contributed by atoms with Gasteiger partial charge < -0.3 is 16.4 Å². The second-order valence-corrected chi connectivity index (χ2v) is 5.54. The smallest absolute Gasteiger partial charge is 0.248 e. The van der Waals surface area contributed by atoms with Crippen LogP contribution in [0.1, 0.15) is 10.4 Å². The first kappa shape index (κ1) is 15.3. The number of carbonyl (C=O) groups is 1. The zero-order valence-electron chi connectivity index (χ0n) is 11.4. The highest BCUT2D eigenvalue weighted by atomic mass is 32.2. The first-order valence-electron chi connectivity index (χ1n) is 6.20. The molecule has 0 aromatic heterocycles. The third-order valence-electron chi connectivity index (χ3n) is 2.73. The average Bonchev–Trinajstić information content (AvgIpc) is 2.47. The molecule has 4 N–H and O–H groups in total. The molecule has 0 unspecified atom stereocenters. The van der Waals surface area contributed by atoms with Crippen LogP contribution in [-0.2, 0) is 0 Å². The lowest BCUT2D eigenvalue weighted by molar-refractivity contribution is 0.100. The molecule has 2 rings (SSSR count). The Balaban J connectivity index is 2.04. The molecule has 0 saturated carbocycles. The van der Waals surface area contributed by atoms with Gasteiger partial charge in [-0.2, -0.15) is 0 Å². The van der Waals surface area contributed by atoms with E-state index in [0.29, 0.717) is 16.4 Å². The summed E-state index contributed by atoms with van der Waals surface area (Å²) in [6, 6.07) is 14.8. The van der Waals surface area contributed by atoms with Gasteiger partial charge in [-0.3, -0.25) is 4.79 Å². The number of anilines is 2. The van der Waals surface area contributed by atoms with Gasteiger partial charge in [-0.1, -0.05) is 12.1 Å². The number of amides is 1. The van der Waals surface area contributed by atoms with Crippen LogP contribution in [0, 0.1) is 0 Å². The fraction of sp³-hybridized carbons (Fsp3) is 0.0667. The van der Waals surface area contributed by atoms with Gasteiger partial charge in [0.05, 0.1) is 0 Å². The Kier molecular flexibility index (Phi) is 5.19. The molecule has 0 bridgehead atoms. The Hall–Kier alpha value is -2.05. The predicted molar refractivity (Wildman–Crippen MR) is 93.0 cm³/mol. The Morgan fingerprint density at radius 2 is 1.71 bits per heavy atom. The van der Waals surface area contributed by atoms with Crippen LogP contribution in [0.25, 0.3) is 0 Å². The molecule has 0 heterocycles. The highest BCUT2D eigenvalue weighted by molar-refractivity contribution is 7.98. The van der Waals surface area contributed by atoms with Gasteiger partial charge in [0.25, 0.3) is 0 Å². The van der Waals surface area contributed by atoms with Gasteiger partial charge in [0, 0.05) is 21.8 Å². The molecule has 0 fully saturated rings. The second-order valence-electron chi connectivity index (χ2n) is 4.26. The molecule has 6 heteroatoms. The normalized spacial score (nSPS) is 9.95. The number of rotatable bonds is 4. The van der Waals surface area contributed by atoms with Crippen molar-refractivity contribution < 1.29 is 4.79 Å². The third kappa shape index (κ3) is 4.47. The van der Waals surface area contributed by atoms with Crippen molar-refractivity contribution in [3.63, 3.8) is 0 Å². The van der Waals surface area contributed by atoms with Crippen LogP contribution in [0.2, 0.25) is 0 Å². The Bertz CT molecular complexity index is 673. The van der Waals surface area contributed by atoms with Crippen molar-refractivity contribution in [1.82, 2.24) is 0 Å². The summed E-state index contributed by atoms with van der Waals surface area (Å²) in [7, 11) is 0. The molecule has 2 aromatic carbocycles. The van der Waals surface area contributed by atoms with Crippen LogP contribution >= 0.6 is 24.0 Å². The van der Waals surface area contributed by atoms with Crippen molar-refractivity contribution in [1.29, 1.82) is 0 Å². The van der Waals surface area contributed by atoms with Crippen LogP contribution in [0.5, 0.6) is 0 Å². The Morgan fingerprint density at radius 1 is 1.10 bits per heavy atom. The Morgan fingerprint density at radius 3 is 2.33 bits per heavy atom. The van der Waals surface area contributed by atoms with Gasteiger partial charge in [-0.25, -0.2) is 0 Å². The second kappa shape index (κ2) is 7.10. The predicted octanol–water partition coefficient (Wildman–Crippen LogP) is 3.32. The van der Waals surface area contributed by atoms with Crippen molar-refractivity contribution >= 4 is 46.4 Å². The maximum absolute atomic E-state index is 11.1. The molecule has 108 valence electrons. The number of thiocarbonyl (C=S) groups is 1. The molecule has 0 atom stereocenters. The first-order chi connectivity index (χ1) is 10.1. The number of primary amides is 1. The van der Waals surface area contributed by atoms with Crippen molar-refractivity contribution in [2.24, 2.45) is 5.73 Å². The molecule has 0 aliphatic rings. The lowest BCUT2D eigenvalue weighted by atomic mass is 10.2. The minimum Gasteiger partial charge on any atom is -0.366 e. The summed E-state index contributed by atoms with van der Waals surface area (Å²) in [4.78, 5) is 12.3. The maximum atomic E-state index is 11.1. The molecule has 0 spiro atoms. The third-order valence-corrected chi connectivity index (χ3v) is 3.66. The summed E-state index contributed by atoms with van der Waals surface area (Å²) in [5, 5.41) is 6.59. The zero-order valence-corrected chi connectivity index (χ0v) is 13.1. The van der Waals surface area contributed by atoms with E-state index in [1.54, 1.807) is 30.0 Å². The fourth-order valence-electron chi connectivity index (χ4n) is 1.74. The van der Waals surface area contributed by atoms with Crippen molar-refractivity contribution in [2.75, 3.05) is 16.9 Å². The van der Waals surface area contributed by atoms with Crippen molar-refractivity contribution in [3.05, 3.63) is 54.1 Å². The Labute approximate surface area is 133 Å². The van der Waals surface area contributed by atoms with E-state index in [0.717, 1.165) is 10.6 Å². The number of nitrogens with one attached hydrogen (secondary N) is 2. The lowest BCUT2D eigenvalue weighted by Gasteiger charge is -2.11. The van der Waals surface area contributed by atoms with E-state index >= 15 is 0 Å². The first-order valence-corrected chi connectivity index (χ1v) is 7.84. The monoisotopic (exact) mass is 317 g/mol. The van der Waals surface area contributed by atoms with E-state index in [2.05, 4.69) is 10.6 Å². The van der Waals surface area contributed by atoms with Crippen molar-refractivity contribution in [3.8, 4) is 0 Å². The average molecular weight is 317 g/mol. The summed E-state index contributed by atoms with van der Waals surface area (Å²) < 4.78 is 0. The van der Waals surface area contributed by atoms with Gasteiger partial charge in [0.15, 0.2) is 5.11 Å². The zero-order chi connectivity index (χ0) is 15.2. The minimum absolute atomic E-state index is 0.437. The number of hydrogen-bond donors (Lipinski definition) is 3. The van der Waals surface area contributed by atoms with Crippen LogP contribution in [0.4, 0.5) is 11.4 Å². The molecule has 0 saturated heterocycles. The largest absolute Gasteiger partial charge is 0.366 e. The minimum atomic E-state index is -0.467. The number of carbonyl (C=O) groups excluding carboxylic acids is 1. The van der Waals surface area contributed by atoms with Crippen LogP contribution in [0.3, 0.4) is 0 Å². The van der Waals surface area contributed by atoms with Crippen molar-refractivity contribution in [2.45, 2.75) is 4.90 Å². The molecule has 0 aliphatic heterocycles. The number of thioether (sulfide) groups is 1. The van der Waals surface area contributed by atoms with E-state index < -0.39 is 5.91 Å². The van der Waals surface area contributed by atoms with Gasteiger partial charge >= 0.3 is 0 Å². The number of benzene rings is 2. The van der Waals surface area contributed by atoms with Gasteiger partial charge in [-0.05, 0) is 54.9 Å². The molecule has 0 radical (unpaired) electrons. The molecule has 4 nitrogen and oxygen atoms in total. The fourth-order valence-corrected chi connectivity index (χ4v) is 2.44. The highest BCUT2D eigenvalue weighted by Crippen LogP contribution is 2.19. The van der Waals surface area contributed by atoms with E-state index in [9.17, 15) is 4.79 Å². The van der Waals surface area contributed by atoms with E-state index in [1.807, 2.05) is 36.6 Å². The lowest BCUT2D eigenvalue weighted by Crippen LogP contribution is -2.19. The molecule has 21 heavy (non-hydrogen) atoms. The summed E-state index contributed by atoms with van der Waals surface area (Å²) >= 11 is 6.93. The van der Waals surface area contributed by atoms with Crippen LogP contribution in [-0.4, -0.2) is 17.3 Å². The van der Waals surface area contributed by atoms with E-state index in [-0.39, 0.29) is 0 Å². The van der Waals surface area contributed by atoms with Crippen LogP contribution < -0.4 is 16.4 Å². The van der Waals surface area contributed by atoms with Gasteiger partial charge in [0.2, 0.25) is 5.91 Å². The quantitative estimate of drug-likeness (QED) is 0.596. The van der Waals surface area contributed by atoms with E-state index in [1.165, 1.54) is 0 Å².